The highest BCUT2D eigenvalue weighted by Gasteiger charge is 2.32. The first-order valence-electron chi connectivity index (χ1n) is 5.65. The molecule has 0 aliphatic rings. The number of aryl methyl sites for hydroxylation is 1. The topological polar surface area (TPSA) is 47.3 Å². The van der Waals surface area contributed by atoms with Crippen molar-refractivity contribution in [3.05, 3.63) is 35.4 Å². The minimum Gasteiger partial charge on any atom is -0.376 e. The number of nitrogens with one attached hydrogen (secondary N) is 1. The molecule has 2 unspecified atom stereocenters. The second kappa shape index (κ2) is 5.43. The van der Waals surface area contributed by atoms with Crippen LogP contribution in [0.15, 0.2) is 24.3 Å². The number of hydrazine groups is 1. The van der Waals surface area contributed by atoms with E-state index in [4.69, 9.17) is 10.6 Å². The van der Waals surface area contributed by atoms with Gasteiger partial charge in [-0.15, -0.1) is 0 Å². The fraction of sp³-hybridized carbons (Fsp3) is 0.538. The van der Waals surface area contributed by atoms with Crippen LogP contribution in [0.2, 0.25) is 0 Å². The summed E-state index contributed by atoms with van der Waals surface area (Å²) in [4.78, 5) is 0. The molecule has 0 saturated heterocycles. The lowest BCUT2D eigenvalue weighted by Crippen LogP contribution is -2.45. The molecule has 1 aromatic rings. The molecule has 3 heteroatoms. The molecule has 0 saturated carbocycles. The van der Waals surface area contributed by atoms with Crippen molar-refractivity contribution in [1.82, 2.24) is 5.43 Å². The zero-order chi connectivity index (χ0) is 12.2. The molecule has 0 aliphatic carbocycles. The highest BCUT2D eigenvalue weighted by atomic mass is 16.5. The van der Waals surface area contributed by atoms with Crippen LogP contribution in [-0.2, 0) is 4.74 Å². The van der Waals surface area contributed by atoms with Gasteiger partial charge in [0.2, 0.25) is 0 Å². The SMILES string of the molecule is CCC(C)(OC)C(NN)c1ccc(C)cc1. The lowest BCUT2D eigenvalue weighted by molar-refractivity contribution is -0.0300. The van der Waals surface area contributed by atoms with E-state index in [-0.39, 0.29) is 11.6 Å². The number of benzene rings is 1. The van der Waals surface area contributed by atoms with Crippen LogP contribution in [0.25, 0.3) is 0 Å². The largest absolute Gasteiger partial charge is 0.376 e. The molecule has 3 N–H and O–H groups in total. The van der Waals surface area contributed by atoms with Gasteiger partial charge in [-0.3, -0.25) is 11.3 Å². The molecule has 0 spiro atoms. The lowest BCUT2D eigenvalue weighted by atomic mass is 9.88. The predicted molar refractivity (Wildman–Crippen MR) is 66.9 cm³/mol. The smallest absolute Gasteiger partial charge is 0.0854 e. The van der Waals surface area contributed by atoms with Gasteiger partial charge in [0.1, 0.15) is 0 Å². The maximum absolute atomic E-state index is 5.65. The normalized spacial score (nSPS) is 16.8. The highest BCUT2D eigenvalue weighted by Crippen LogP contribution is 2.30. The monoisotopic (exact) mass is 222 g/mol. The maximum Gasteiger partial charge on any atom is 0.0854 e. The molecule has 0 heterocycles. The molecular weight excluding hydrogens is 200 g/mol. The van der Waals surface area contributed by atoms with E-state index in [9.17, 15) is 0 Å². The zero-order valence-electron chi connectivity index (χ0n) is 10.6. The third kappa shape index (κ3) is 2.61. The van der Waals surface area contributed by atoms with E-state index in [1.54, 1.807) is 7.11 Å². The molecule has 3 nitrogen and oxygen atoms in total. The standard InChI is InChI=1S/C13H22N2O/c1-5-13(3,16-4)12(15-14)11-8-6-10(2)7-9-11/h6-9,12,15H,5,14H2,1-4H3. The van der Waals surface area contributed by atoms with E-state index in [2.05, 4.69) is 50.5 Å². The summed E-state index contributed by atoms with van der Waals surface area (Å²) in [6, 6.07) is 8.36. The quantitative estimate of drug-likeness (QED) is 0.593. The van der Waals surface area contributed by atoms with Crippen LogP contribution in [0, 0.1) is 6.92 Å². The van der Waals surface area contributed by atoms with E-state index >= 15 is 0 Å². The molecule has 1 aromatic carbocycles. The van der Waals surface area contributed by atoms with E-state index in [0.29, 0.717) is 0 Å². The summed E-state index contributed by atoms with van der Waals surface area (Å²) in [6.45, 7) is 6.24. The van der Waals surface area contributed by atoms with Crippen molar-refractivity contribution < 1.29 is 4.74 Å². The Bertz CT molecular complexity index is 317. The van der Waals surface area contributed by atoms with Gasteiger partial charge in [-0.05, 0) is 25.8 Å². The van der Waals surface area contributed by atoms with Crippen LogP contribution >= 0.6 is 0 Å². The number of methoxy groups -OCH3 is 1. The first-order valence-corrected chi connectivity index (χ1v) is 5.65. The van der Waals surface area contributed by atoms with E-state index in [0.717, 1.165) is 12.0 Å². The van der Waals surface area contributed by atoms with Gasteiger partial charge < -0.3 is 4.74 Å². The first-order chi connectivity index (χ1) is 7.57. The Morgan fingerprint density at radius 2 is 1.94 bits per heavy atom. The molecule has 2 atom stereocenters. The summed E-state index contributed by atoms with van der Waals surface area (Å²) in [5, 5.41) is 0. The molecular formula is C13H22N2O. The van der Waals surface area contributed by atoms with Crippen LogP contribution in [0.5, 0.6) is 0 Å². The van der Waals surface area contributed by atoms with Gasteiger partial charge in [0.15, 0.2) is 0 Å². The van der Waals surface area contributed by atoms with Gasteiger partial charge in [-0.1, -0.05) is 36.8 Å². The van der Waals surface area contributed by atoms with Crippen molar-refractivity contribution in [3.8, 4) is 0 Å². The number of rotatable bonds is 5. The summed E-state index contributed by atoms with van der Waals surface area (Å²) >= 11 is 0. The van der Waals surface area contributed by atoms with Crippen molar-refractivity contribution in [3.63, 3.8) is 0 Å². The lowest BCUT2D eigenvalue weighted by Gasteiger charge is -2.35. The van der Waals surface area contributed by atoms with Gasteiger partial charge >= 0.3 is 0 Å². The minimum atomic E-state index is -0.288. The number of nitrogens with two attached hydrogens (primary N) is 1. The second-order valence-electron chi connectivity index (χ2n) is 4.38. The van der Waals surface area contributed by atoms with Crippen molar-refractivity contribution in [2.75, 3.05) is 7.11 Å². The van der Waals surface area contributed by atoms with Crippen LogP contribution < -0.4 is 11.3 Å². The maximum atomic E-state index is 5.65. The van der Waals surface area contributed by atoms with Crippen molar-refractivity contribution in [2.24, 2.45) is 5.84 Å². The fourth-order valence-electron chi connectivity index (χ4n) is 1.85. The Labute approximate surface area is 98.0 Å². The van der Waals surface area contributed by atoms with Crippen LogP contribution in [0.4, 0.5) is 0 Å². The third-order valence-corrected chi connectivity index (χ3v) is 3.36. The molecule has 0 radical (unpaired) electrons. The summed E-state index contributed by atoms with van der Waals surface area (Å²) < 4.78 is 5.58. The molecule has 0 amide bonds. The Hall–Kier alpha value is -0.900. The van der Waals surface area contributed by atoms with Gasteiger partial charge in [0, 0.05) is 7.11 Å². The molecule has 90 valence electrons. The van der Waals surface area contributed by atoms with Crippen molar-refractivity contribution >= 4 is 0 Å². The molecule has 0 aliphatic heterocycles. The number of hydrogen-bond acceptors (Lipinski definition) is 3. The summed E-state index contributed by atoms with van der Waals surface area (Å²) in [5.74, 6) is 5.65. The van der Waals surface area contributed by atoms with Gasteiger partial charge in [0.05, 0.1) is 11.6 Å². The predicted octanol–water partition coefficient (Wildman–Crippen LogP) is 2.31. The molecule has 0 bridgehead atoms. The Morgan fingerprint density at radius 3 is 2.31 bits per heavy atom. The van der Waals surface area contributed by atoms with Gasteiger partial charge in [0.25, 0.3) is 0 Å². The van der Waals surface area contributed by atoms with Gasteiger partial charge in [-0.25, -0.2) is 0 Å². The second-order valence-corrected chi connectivity index (χ2v) is 4.38. The molecule has 0 aromatic heterocycles. The average Bonchev–Trinajstić information content (AvgIpc) is 2.32. The molecule has 0 fully saturated rings. The number of hydrogen-bond donors (Lipinski definition) is 2. The Morgan fingerprint density at radius 1 is 1.38 bits per heavy atom. The van der Waals surface area contributed by atoms with Gasteiger partial charge in [-0.2, -0.15) is 0 Å². The van der Waals surface area contributed by atoms with E-state index in [1.165, 1.54) is 5.56 Å². The Kier molecular flexibility index (Phi) is 4.47. The molecule has 1 rings (SSSR count). The van der Waals surface area contributed by atoms with Crippen LogP contribution in [0.1, 0.15) is 37.4 Å². The van der Waals surface area contributed by atoms with E-state index < -0.39 is 0 Å². The summed E-state index contributed by atoms with van der Waals surface area (Å²) in [5.41, 5.74) is 4.97. The van der Waals surface area contributed by atoms with E-state index in [1.807, 2.05) is 0 Å². The average molecular weight is 222 g/mol. The van der Waals surface area contributed by atoms with Crippen LogP contribution in [0.3, 0.4) is 0 Å². The Balaban J connectivity index is 3.02. The minimum absolute atomic E-state index is 0.00287. The van der Waals surface area contributed by atoms with Crippen LogP contribution in [-0.4, -0.2) is 12.7 Å². The van der Waals surface area contributed by atoms with Crippen molar-refractivity contribution in [2.45, 2.75) is 38.8 Å². The third-order valence-electron chi connectivity index (χ3n) is 3.36. The summed E-state index contributed by atoms with van der Waals surface area (Å²) in [6.07, 6.45) is 0.895. The molecule has 16 heavy (non-hydrogen) atoms. The first kappa shape index (κ1) is 13.2. The zero-order valence-corrected chi connectivity index (χ0v) is 10.6. The highest BCUT2D eigenvalue weighted by molar-refractivity contribution is 5.26. The fourth-order valence-corrected chi connectivity index (χ4v) is 1.85. The number of ether oxygens (including phenoxy) is 1. The van der Waals surface area contributed by atoms with Crippen molar-refractivity contribution in [1.29, 1.82) is 0 Å². The summed E-state index contributed by atoms with van der Waals surface area (Å²) in [7, 11) is 1.72.